The van der Waals surface area contributed by atoms with Crippen LogP contribution in [0.2, 0.25) is 0 Å². The monoisotopic (exact) mass is 251 g/mol. The van der Waals surface area contributed by atoms with Gasteiger partial charge < -0.3 is 30.9 Å². The molecule has 9 heavy (non-hydrogen) atoms. The summed E-state index contributed by atoms with van der Waals surface area (Å²) >= 11 is -6.02. The van der Waals surface area contributed by atoms with Gasteiger partial charge in [0.25, 0.3) is 0 Å². The molecule has 0 amide bonds. The molecule has 0 aromatic heterocycles. The summed E-state index contributed by atoms with van der Waals surface area (Å²) in [6.07, 6.45) is 0. The Morgan fingerprint density at radius 3 is 0.889 bits per heavy atom. The first-order valence-electron chi connectivity index (χ1n) is 0.667. The Hall–Kier alpha value is 0.378. The van der Waals surface area contributed by atoms with Gasteiger partial charge in [0.1, 0.15) is 0 Å². The molecule has 0 fully saturated rings. The van der Waals surface area contributed by atoms with E-state index >= 15 is 0 Å². The average molecular weight is 250 g/mol. The summed E-state index contributed by atoms with van der Waals surface area (Å²) in [5.74, 6) is 0. The van der Waals surface area contributed by atoms with Crippen molar-refractivity contribution in [2.75, 3.05) is 0 Å². The zero-order valence-corrected chi connectivity index (χ0v) is 8.18. The zero-order valence-electron chi connectivity index (χ0n) is 5.42. The van der Waals surface area contributed by atoms with Crippen molar-refractivity contribution >= 4 is 0 Å². The second-order valence-corrected chi connectivity index (χ2v) is 2.42. The van der Waals surface area contributed by atoms with Crippen LogP contribution in [0.25, 0.3) is 0 Å². The zero-order chi connectivity index (χ0) is 4.50. The molecule has 0 aliphatic carbocycles. The van der Waals surface area contributed by atoms with E-state index in [1.807, 2.05) is 0 Å². The fourth-order valence-corrected chi connectivity index (χ4v) is 0. The van der Waals surface area contributed by atoms with E-state index in [9.17, 15) is 0 Å². The van der Waals surface area contributed by atoms with E-state index in [2.05, 4.69) is 0 Å². The SMILES string of the molecule is [Cl-].[NH4+].[NH4+].[NH4+].[O]=[Mo](=[O])([O-])[O-]. The van der Waals surface area contributed by atoms with E-state index in [4.69, 9.17) is 14.3 Å². The molecule has 9 heteroatoms. The number of hydrogen-bond donors (Lipinski definition) is 3. The molecule has 0 atom stereocenters. The van der Waals surface area contributed by atoms with E-state index in [1.165, 1.54) is 0 Å². The quantitative estimate of drug-likeness (QED) is 0.365. The molecule has 0 spiro atoms. The molecule has 0 saturated heterocycles. The van der Waals surface area contributed by atoms with Gasteiger partial charge in [-0.1, -0.05) is 0 Å². The fraction of sp³-hybridized carbons (Fsp3) is 0. The van der Waals surface area contributed by atoms with Crippen LogP contribution < -0.4 is 38.4 Å². The molecule has 0 heterocycles. The van der Waals surface area contributed by atoms with Crippen molar-refractivity contribution in [3.63, 3.8) is 0 Å². The second kappa shape index (κ2) is 11.2. The Bertz CT molecular complexity index is 99.0. The van der Waals surface area contributed by atoms with Crippen LogP contribution in [0.15, 0.2) is 0 Å². The predicted octanol–water partition coefficient (Wildman–Crippen LogP) is -4.49. The maximum atomic E-state index is 8.63. The van der Waals surface area contributed by atoms with E-state index in [0.717, 1.165) is 0 Å². The van der Waals surface area contributed by atoms with E-state index in [0.29, 0.717) is 0 Å². The van der Waals surface area contributed by atoms with Gasteiger partial charge in [0.05, 0.1) is 0 Å². The molecule has 0 saturated carbocycles. The summed E-state index contributed by atoms with van der Waals surface area (Å²) in [7, 11) is 0. The maximum absolute atomic E-state index is 8.63. The molecule has 0 rings (SSSR count). The summed E-state index contributed by atoms with van der Waals surface area (Å²) in [4.78, 5) is 0. The predicted molar refractivity (Wildman–Crippen MR) is 19.3 cm³/mol. The van der Waals surface area contributed by atoms with Gasteiger partial charge in [0.15, 0.2) is 0 Å². The van der Waals surface area contributed by atoms with Crippen LogP contribution in [-0.2, 0) is 23.5 Å². The van der Waals surface area contributed by atoms with Crippen molar-refractivity contribution in [2.24, 2.45) is 0 Å². The molecule has 0 aromatic carbocycles. The second-order valence-electron chi connectivity index (χ2n) is 0.408. The van der Waals surface area contributed by atoms with Crippen LogP contribution in [0, 0.1) is 0 Å². The van der Waals surface area contributed by atoms with Crippen molar-refractivity contribution in [2.45, 2.75) is 0 Å². The third-order valence-electron chi connectivity index (χ3n) is 0. The van der Waals surface area contributed by atoms with Crippen LogP contribution >= 0.6 is 0 Å². The van der Waals surface area contributed by atoms with E-state index < -0.39 is 16.7 Å². The number of halogens is 1. The summed E-state index contributed by atoms with van der Waals surface area (Å²) in [5, 5.41) is 0. The van der Waals surface area contributed by atoms with Crippen LogP contribution in [0.1, 0.15) is 0 Å². The molecule has 7 nitrogen and oxygen atoms in total. The summed E-state index contributed by atoms with van der Waals surface area (Å²) < 4.78 is 34.5. The summed E-state index contributed by atoms with van der Waals surface area (Å²) in [6, 6.07) is 0. The molecular weight excluding hydrogens is 237 g/mol. The van der Waals surface area contributed by atoms with Gasteiger partial charge in [-0.25, -0.2) is 0 Å². The Kier molecular flexibility index (Phi) is 42.8. The normalized spacial score (nSPS) is 6.44. The minimum atomic E-state index is -6.02. The third kappa shape index (κ3) is 2380. The number of quaternary nitrogens is 3. The van der Waals surface area contributed by atoms with Crippen molar-refractivity contribution < 1.29 is 43.5 Å². The topological polar surface area (TPSA) is 190 Å². The summed E-state index contributed by atoms with van der Waals surface area (Å²) in [5.41, 5.74) is 0. The van der Waals surface area contributed by atoms with Gasteiger partial charge in [-0.15, -0.1) is 0 Å². The van der Waals surface area contributed by atoms with Crippen LogP contribution in [0.3, 0.4) is 0 Å². The van der Waals surface area contributed by atoms with Crippen LogP contribution in [0.4, 0.5) is 0 Å². The first-order valence-corrected chi connectivity index (χ1v) is 3.94. The van der Waals surface area contributed by atoms with Crippen molar-refractivity contribution in [1.82, 2.24) is 18.5 Å². The first-order chi connectivity index (χ1) is 2.00. The first kappa shape index (κ1) is 34.3. The number of hydrogen-bond acceptors (Lipinski definition) is 4. The van der Waals surface area contributed by atoms with E-state index in [-0.39, 0.29) is 30.9 Å². The minimum absolute atomic E-state index is 0. The molecule has 12 N–H and O–H groups in total. The van der Waals surface area contributed by atoms with Crippen LogP contribution in [-0.4, -0.2) is 0 Å². The van der Waals surface area contributed by atoms with Gasteiger partial charge >= 0.3 is 31.1 Å². The molecule has 0 aliphatic heterocycles. The van der Waals surface area contributed by atoms with Gasteiger partial charge in [0, 0.05) is 0 Å². The van der Waals surface area contributed by atoms with Crippen molar-refractivity contribution in [3.8, 4) is 0 Å². The van der Waals surface area contributed by atoms with Crippen LogP contribution in [0.5, 0.6) is 0 Å². The molecule has 0 aromatic rings. The molecule has 0 aliphatic rings. The van der Waals surface area contributed by atoms with Gasteiger partial charge in [-0.05, 0) is 0 Å². The molecule has 0 unspecified atom stereocenters. The molecule has 64 valence electrons. The molecule has 0 bridgehead atoms. The molecular formula is H12ClMoN3O4. The Labute approximate surface area is 62.3 Å². The Balaban J connectivity index is -0.0000000133. The van der Waals surface area contributed by atoms with Gasteiger partial charge in [-0.2, -0.15) is 0 Å². The third-order valence-corrected chi connectivity index (χ3v) is 0. The van der Waals surface area contributed by atoms with Gasteiger partial charge in [0.2, 0.25) is 0 Å². The Morgan fingerprint density at radius 2 is 0.889 bits per heavy atom. The standard InChI is InChI=1S/ClH.Mo.3H3N.4O/h1H;;3*1H3;;;;/q;;;;;;;2*-1/p+2. The van der Waals surface area contributed by atoms with Crippen molar-refractivity contribution in [1.29, 1.82) is 0 Å². The molecule has 0 radical (unpaired) electrons. The fourth-order valence-electron chi connectivity index (χ4n) is 0. The number of rotatable bonds is 0. The Morgan fingerprint density at radius 1 is 0.889 bits per heavy atom. The average Bonchev–Trinajstić information content (AvgIpc) is 0.722. The summed E-state index contributed by atoms with van der Waals surface area (Å²) in [6.45, 7) is 0. The van der Waals surface area contributed by atoms with Crippen molar-refractivity contribution in [3.05, 3.63) is 0 Å². The van der Waals surface area contributed by atoms with E-state index in [1.54, 1.807) is 0 Å². The van der Waals surface area contributed by atoms with Gasteiger partial charge in [-0.3, -0.25) is 0 Å².